The molecule has 0 atom stereocenters. The van der Waals surface area contributed by atoms with Gasteiger partial charge in [-0.05, 0) is 48.3 Å². The van der Waals surface area contributed by atoms with Crippen molar-refractivity contribution in [3.05, 3.63) is 64.7 Å². The molecule has 1 N–H and O–H groups in total. The minimum atomic E-state index is 0.0917. The van der Waals surface area contributed by atoms with Gasteiger partial charge < -0.3 is 5.32 Å². The number of hydrogen-bond acceptors (Lipinski definition) is 2. The van der Waals surface area contributed by atoms with Crippen LogP contribution in [0.3, 0.4) is 0 Å². The molecule has 2 aromatic carbocycles. The number of carbonyl (C=O) groups excluding carboxylic acids is 1. The molecule has 0 unspecified atom stereocenters. The summed E-state index contributed by atoms with van der Waals surface area (Å²) < 4.78 is 0. The average molecular weight is 379 g/mol. The Morgan fingerprint density at radius 2 is 1.57 bits per heavy atom. The second-order valence-electron chi connectivity index (χ2n) is 8.79. The van der Waals surface area contributed by atoms with Gasteiger partial charge in [0.1, 0.15) is 0 Å². The molecular weight excluding hydrogens is 344 g/mol. The van der Waals surface area contributed by atoms with E-state index in [1.54, 1.807) is 0 Å². The lowest BCUT2D eigenvalue weighted by molar-refractivity contribution is -0.117. The maximum atomic E-state index is 13.0. The zero-order chi connectivity index (χ0) is 20.3. The number of carbonyl (C=O) groups is 1. The smallest absolute Gasteiger partial charge is 0.238 e. The molecule has 0 bridgehead atoms. The van der Waals surface area contributed by atoms with Crippen molar-refractivity contribution >= 4 is 11.6 Å². The molecule has 150 valence electrons. The van der Waals surface area contributed by atoms with Crippen molar-refractivity contribution < 1.29 is 4.79 Å². The first kappa shape index (κ1) is 20.6. The molecule has 28 heavy (non-hydrogen) atoms. The lowest BCUT2D eigenvalue weighted by Gasteiger charge is -2.24. The molecular formula is C25H34N2O. The Balaban J connectivity index is 1.74. The van der Waals surface area contributed by atoms with E-state index in [0.29, 0.717) is 24.4 Å². The monoisotopic (exact) mass is 378 g/mol. The van der Waals surface area contributed by atoms with Crippen LogP contribution >= 0.6 is 0 Å². The van der Waals surface area contributed by atoms with Gasteiger partial charge in [0, 0.05) is 18.3 Å². The first-order chi connectivity index (χ1) is 13.3. The zero-order valence-corrected chi connectivity index (χ0v) is 18.0. The number of nitrogens with zero attached hydrogens (tertiary/aromatic N) is 1. The highest BCUT2D eigenvalue weighted by molar-refractivity contribution is 5.94. The maximum Gasteiger partial charge on any atom is 0.238 e. The van der Waals surface area contributed by atoms with Gasteiger partial charge >= 0.3 is 0 Å². The quantitative estimate of drug-likeness (QED) is 0.625. The molecule has 0 saturated heterocycles. The predicted octanol–water partition coefficient (Wildman–Crippen LogP) is 5.84. The van der Waals surface area contributed by atoms with Crippen LogP contribution in [0.15, 0.2) is 42.5 Å². The van der Waals surface area contributed by atoms with Crippen LogP contribution < -0.4 is 5.32 Å². The van der Waals surface area contributed by atoms with Crippen LogP contribution in [0.5, 0.6) is 0 Å². The van der Waals surface area contributed by atoms with Crippen LogP contribution in [0.4, 0.5) is 5.69 Å². The van der Waals surface area contributed by atoms with E-state index < -0.39 is 0 Å². The Bertz CT molecular complexity index is 778. The molecule has 1 amide bonds. The van der Waals surface area contributed by atoms with Crippen molar-refractivity contribution in [3.8, 4) is 0 Å². The van der Waals surface area contributed by atoms with Crippen LogP contribution in [0, 0.1) is 6.92 Å². The van der Waals surface area contributed by atoms with Crippen molar-refractivity contribution in [2.45, 2.75) is 71.9 Å². The van der Waals surface area contributed by atoms with Gasteiger partial charge in [-0.15, -0.1) is 0 Å². The van der Waals surface area contributed by atoms with Gasteiger partial charge in [0.15, 0.2) is 0 Å². The van der Waals surface area contributed by atoms with E-state index in [0.717, 1.165) is 12.2 Å². The lowest BCUT2D eigenvalue weighted by atomic mass is 9.92. The van der Waals surface area contributed by atoms with E-state index in [-0.39, 0.29) is 5.91 Å². The summed E-state index contributed by atoms with van der Waals surface area (Å²) in [6, 6.07) is 15.6. The fourth-order valence-corrected chi connectivity index (χ4v) is 3.74. The zero-order valence-electron chi connectivity index (χ0n) is 18.0. The number of para-hydroxylation sites is 1. The predicted molar refractivity (Wildman–Crippen MR) is 118 cm³/mol. The van der Waals surface area contributed by atoms with Gasteiger partial charge in [-0.1, -0.05) is 75.7 Å². The highest BCUT2D eigenvalue weighted by Gasteiger charge is 2.30. The van der Waals surface area contributed by atoms with E-state index >= 15 is 0 Å². The van der Waals surface area contributed by atoms with Gasteiger partial charge in [0.05, 0.1) is 6.54 Å². The summed E-state index contributed by atoms with van der Waals surface area (Å²) >= 11 is 0. The van der Waals surface area contributed by atoms with E-state index in [9.17, 15) is 4.79 Å². The molecule has 1 aliphatic rings. The molecule has 1 aliphatic carbocycles. The van der Waals surface area contributed by atoms with E-state index in [1.807, 2.05) is 0 Å². The third kappa shape index (κ3) is 5.23. The second-order valence-corrected chi connectivity index (χ2v) is 8.79. The Morgan fingerprint density at radius 1 is 1.00 bits per heavy atom. The molecule has 3 nitrogen and oxygen atoms in total. The number of rotatable bonds is 8. The summed E-state index contributed by atoms with van der Waals surface area (Å²) in [4.78, 5) is 15.3. The molecule has 1 saturated carbocycles. The summed E-state index contributed by atoms with van der Waals surface area (Å²) in [5.41, 5.74) is 6.00. The topological polar surface area (TPSA) is 32.3 Å². The Hall–Kier alpha value is -2.13. The van der Waals surface area contributed by atoms with Gasteiger partial charge in [-0.3, -0.25) is 9.69 Å². The lowest BCUT2D eigenvalue weighted by Crippen LogP contribution is -2.35. The summed E-state index contributed by atoms with van der Waals surface area (Å²) in [7, 11) is 0. The molecule has 0 spiro atoms. The van der Waals surface area contributed by atoms with E-state index in [4.69, 9.17) is 0 Å². The van der Waals surface area contributed by atoms with Crippen molar-refractivity contribution in [3.63, 3.8) is 0 Å². The third-order valence-electron chi connectivity index (χ3n) is 5.55. The molecule has 0 aromatic heterocycles. The first-order valence-corrected chi connectivity index (χ1v) is 10.6. The van der Waals surface area contributed by atoms with Gasteiger partial charge in [-0.25, -0.2) is 0 Å². The van der Waals surface area contributed by atoms with Crippen molar-refractivity contribution in [1.82, 2.24) is 4.90 Å². The normalized spacial score (nSPS) is 14.1. The van der Waals surface area contributed by atoms with E-state index in [2.05, 4.69) is 87.3 Å². The fourth-order valence-electron chi connectivity index (χ4n) is 3.74. The highest BCUT2D eigenvalue weighted by Crippen LogP contribution is 2.33. The van der Waals surface area contributed by atoms with Crippen LogP contribution in [0.1, 0.15) is 74.6 Å². The summed E-state index contributed by atoms with van der Waals surface area (Å²) in [5.74, 6) is 0.844. The van der Waals surface area contributed by atoms with Crippen molar-refractivity contribution in [1.29, 1.82) is 0 Å². The Kier molecular flexibility index (Phi) is 6.56. The molecule has 2 aromatic rings. The number of nitrogens with one attached hydrogen (secondary N) is 1. The number of benzene rings is 2. The third-order valence-corrected chi connectivity index (χ3v) is 5.55. The summed E-state index contributed by atoms with van der Waals surface area (Å²) in [6.45, 7) is 12.1. The summed E-state index contributed by atoms with van der Waals surface area (Å²) in [5, 5.41) is 3.27. The van der Waals surface area contributed by atoms with Crippen LogP contribution in [0.25, 0.3) is 0 Å². The number of aryl methyl sites for hydroxylation is 1. The number of amides is 1. The molecule has 1 fully saturated rings. The standard InChI is InChI=1S/C25H34N2O/c1-17(2)22-7-6-8-23(18(3)4)25(22)26-24(28)16-27(21-13-14-21)15-20-11-9-19(5)10-12-20/h6-12,17-18,21H,13-16H2,1-5H3,(H,26,28). The van der Waals surface area contributed by atoms with Gasteiger partial charge in [0.25, 0.3) is 0 Å². The molecule has 0 radical (unpaired) electrons. The maximum absolute atomic E-state index is 13.0. The SMILES string of the molecule is Cc1ccc(CN(CC(=O)Nc2c(C(C)C)cccc2C(C)C)C2CC2)cc1. The summed E-state index contributed by atoms with van der Waals surface area (Å²) in [6.07, 6.45) is 2.39. The Morgan fingerprint density at radius 3 is 2.07 bits per heavy atom. The van der Waals surface area contributed by atoms with Gasteiger partial charge in [-0.2, -0.15) is 0 Å². The molecule has 0 heterocycles. The largest absolute Gasteiger partial charge is 0.324 e. The van der Waals surface area contributed by atoms with Crippen molar-refractivity contribution in [2.24, 2.45) is 0 Å². The fraction of sp³-hybridized carbons (Fsp3) is 0.480. The average Bonchev–Trinajstić information content (AvgIpc) is 3.48. The van der Waals surface area contributed by atoms with Crippen LogP contribution in [-0.2, 0) is 11.3 Å². The minimum absolute atomic E-state index is 0.0917. The Labute approximate surface area is 170 Å². The molecule has 3 heteroatoms. The second kappa shape index (κ2) is 8.91. The van der Waals surface area contributed by atoms with Crippen LogP contribution in [0.2, 0.25) is 0 Å². The number of anilines is 1. The van der Waals surface area contributed by atoms with E-state index in [1.165, 1.54) is 35.1 Å². The van der Waals surface area contributed by atoms with Crippen LogP contribution in [-0.4, -0.2) is 23.4 Å². The van der Waals surface area contributed by atoms with Gasteiger partial charge in [0.2, 0.25) is 5.91 Å². The first-order valence-electron chi connectivity index (χ1n) is 10.6. The molecule has 3 rings (SSSR count). The van der Waals surface area contributed by atoms with Crippen molar-refractivity contribution in [2.75, 3.05) is 11.9 Å². The number of hydrogen-bond donors (Lipinski definition) is 1. The minimum Gasteiger partial charge on any atom is -0.324 e. The highest BCUT2D eigenvalue weighted by atomic mass is 16.2. The molecule has 0 aliphatic heterocycles.